The van der Waals surface area contributed by atoms with Crippen molar-refractivity contribution in [3.8, 4) is 0 Å². The molecule has 2 bridgehead atoms. The number of carbonyl (C=O) groups is 1. The Morgan fingerprint density at radius 1 is 1.20 bits per heavy atom. The van der Waals surface area contributed by atoms with Gasteiger partial charge in [-0.15, -0.1) is 0 Å². The van der Waals surface area contributed by atoms with Gasteiger partial charge in [0, 0.05) is 32.7 Å². The van der Waals surface area contributed by atoms with Crippen LogP contribution in [0.1, 0.15) is 37.7 Å². The van der Waals surface area contributed by atoms with Crippen LogP contribution in [-0.2, 0) is 11.3 Å². The number of amides is 1. The molecule has 0 aromatic heterocycles. The molecule has 3 aliphatic rings. The number of benzene rings is 1. The van der Waals surface area contributed by atoms with Crippen molar-refractivity contribution in [1.29, 1.82) is 0 Å². The third kappa shape index (κ3) is 3.89. The highest BCUT2D eigenvalue weighted by Crippen LogP contribution is 2.34. The highest BCUT2D eigenvalue weighted by molar-refractivity contribution is 5.85. The number of hydrogen-bond acceptors (Lipinski definition) is 4. The summed E-state index contributed by atoms with van der Waals surface area (Å²) in [5.41, 5.74) is 2.99. The summed E-state index contributed by atoms with van der Waals surface area (Å²) in [7, 11) is 0. The van der Waals surface area contributed by atoms with Gasteiger partial charge in [-0.2, -0.15) is 0 Å². The Kier molecular flexibility index (Phi) is 4.80. The third-order valence-electron chi connectivity index (χ3n) is 6.11. The first-order valence-corrected chi connectivity index (χ1v) is 9.65. The van der Waals surface area contributed by atoms with Gasteiger partial charge in [-0.1, -0.05) is 36.8 Å². The van der Waals surface area contributed by atoms with Gasteiger partial charge in [0.1, 0.15) is 0 Å². The zero-order chi connectivity index (χ0) is 17.3. The number of hydrogen-bond donors (Lipinski definition) is 2. The second-order valence-electron chi connectivity index (χ2n) is 8.22. The van der Waals surface area contributed by atoms with Gasteiger partial charge < -0.3 is 5.11 Å². The van der Waals surface area contributed by atoms with Crippen LogP contribution < -0.4 is 5.43 Å². The SMILES string of the molecule is O=C(NN1CC2CCCC(C2)C1)C1(O)CCN(Cc2ccccc2)C1. The summed E-state index contributed by atoms with van der Waals surface area (Å²) in [6.45, 7) is 3.82. The molecular weight excluding hydrogens is 314 g/mol. The number of nitrogens with one attached hydrogen (secondary N) is 1. The van der Waals surface area contributed by atoms with Gasteiger partial charge in [0.15, 0.2) is 5.60 Å². The van der Waals surface area contributed by atoms with Crippen molar-refractivity contribution >= 4 is 5.91 Å². The summed E-state index contributed by atoms with van der Waals surface area (Å²) >= 11 is 0. The van der Waals surface area contributed by atoms with Crippen molar-refractivity contribution in [2.75, 3.05) is 26.2 Å². The molecule has 1 aliphatic carbocycles. The van der Waals surface area contributed by atoms with E-state index in [4.69, 9.17) is 0 Å². The molecule has 2 N–H and O–H groups in total. The molecular formula is C20H29N3O2. The quantitative estimate of drug-likeness (QED) is 0.875. The normalized spacial score (nSPS) is 33.3. The monoisotopic (exact) mass is 343 g/mol. The van der Waals surface area contributed by atoms with Crippen LogP contribution in [0.15, 0.2) is 30.3 Å². The highest BCUT2D eigenvalue weighted by Gasteiger charge is 2.44. The minimum Gasteiger partial charge on any atom is -0.379 e. The fourth-order valence-corrected chi connectivity index (χ4v) is 4.80. The molecule has 2 aliphatic heterocycles. The lowest BCUT2D eigenvalue weighted by atomic mass is 9.78. The van der Waals surface area contributed by atoms with Gasteiger partial charge in [-0.25, -0.2) is 5.01 Å². The minimum absolute atomic E-state index is 0.219. The first kappa shape index (κ1) is 17.0. The predicted octanol–water partition coefficient (Wildman–Crippen LogP) is 1.78. The van der Waals surface area contributed by atoms with E-state index in [0.717, 1.165) is 26.2 Å². The fourth-order valence-electron chi connectivity index (χ4n) is 4.80. The zero-order valence-electron chi connectivity index (χ0n) is 14.9. The number of hydrazine groups is 1. The minimum atomic E-state index is -1.26. The fraction of sp³-hybridized carbons (Fsp3) is 0.650. The molecule has 136 valence electrons. The second-order valence-corrected chi connectivity index (χ2v) is 8.22. The van der Waals surface area contributed by atoms with Crippen LogP contribution >= 0.6 is 0 Å². The van der Waals surface area contributed by atoms with Crippen molar-refractivity contribution < 1.29 is 9.90 Å². The summed E-state index contributed by atoms with van der Waals surface area (Å²) in [4.78, 5) is 14.9. The van der Waals surface area contributed by atoms with E-state index >= 15 is 0 Å². The van der Waals surface area contributed by atoms with Crippen LogP contribution in [0.2, 0.25) is 0 Å². The molecule has 3 atom stereocenters. The molecule has 2 saturated heterocycles. The van der Waals surface area contributed by atoms with Crippen molar-refractivity contribution in [3.63, 3.8) is 0 Å². The van der Waals surface area contributed by atoms with Crippen LogP contribution in [0, 0.1) is 11.8 Å². The molecule has 1 aromatic carbocycles. The van der Waals surface area contributed by atoms with E-state index in [2.05, 4.69) is 27.5 Å². The highest BCUT2D eigenvalue weighted by atomic mass is 16.3. The van der Waals surface area contributed by atoms with Gasteiger partial charge >= 0.3 is 0 Å². The molecule has 5 heteroatoms. The first-order valence-electron chi connectivity index (χ1n) is 9.65. The lowest BCUT2D eigenvalue weighted by Gasteiger charge is -2.42. The molecule has 1 aromatic rings. The van der Waals surface area contributed by atoms with E-state index in [1.165, 1.54) is 31.2 Å². The summed E-state index contributed by atoms with van der Waals surface area (Å²) in [6, 6.07) is 10.2. The van der Waals surface area contributed by atoms with E-state index in [-0.39, 0.29) is 5.91 Å². The second kappa shape index (κ2) is 7.06. The summed E-state index contributed by atoms with van der Waals surface area (Å²) in [5, 5.41) is 12.9. The molecule has 0 spiro atoms. The molecule has 5 nitrogen and oxygen atoms in total. The standard InChI is InChI=1S/C20H29N3O2/c24-19(21-23-13-17-7-4-8-18(11-17)14-23)20(25)9-10-22(15-20)12-16-5-2-1-3-6-16/h1-3,5-6,17-18,25H,4,7-15H2,(H,21,24). The molecule has 4 rings (SSSR count). The number of likely N-dealkylation sites (tertiary alicyclic amines) is 1. The van der Waals surface area contributed by atoms with Crippen LogP contribution in [0.4, 0.5) is 0 Å². The number of nitrogens with zero attached hydrogens (tertiary/aromatic N) is 2. The number of β-amino-alcohol motifs (C(OH)–C–C–N with tert-alkyl or cyclic N) is 1. The number of carbonyl (C=O) groups excluding carboxylic acids is 1. The largest absolute Gasteiger partial charge is 0.379 e. The van der Waals surface area contributed by atoms with Crippen LogP contribution in [-0.4, -0.2) is 52.7 Å². The Bertz CT molecular complexity index is 596. The predicted molar refractivity (Wildman–Crippen MR) is 96.4 cm³/mol. The molecule has 0 radical (unpaired) electrons. The van der Waals surface area contributed by atoms with Crippen molar-refractivity contribution in [2.45, 2.75) is 44.2 Å². The van der Waals surface area contributed by atoms with Gasteiger partial charge in [0.05, 0.1) is 0 Å². The molecule has 1 amide bonds. The van der Waals surface area contributed by atoms with Gasteiger partial charge in [0.25, 0.3) is 5.91 Å². The average Bonchev–Trinajstić information content (AvgIpc) is 2.98. The Morgan fingerprint density at radius 3 is 2.64 bits per heavy atom. The Hall–Kier alpha value is -1.43. The van der Waals surface area contributed by atoms with Crippen molar-refractivity contribution in [2.24, 2.45) is 11.8 Å². The van der Waals surface area contributed by atoms with Gasteiger partial charge in [0.2, 0.25) is 0 Å². The maximum atomic E-state index is 12.7. The van der Waals surface area contributed by atoms with Gasteiger partial charge in [-0.05, 0) is 43.1 Å². The Labute approximate surface area is 150 Å². The molecule has 3 unspecified atom stereocenters. The third-order valence-corrected chi connectivity index (χ3v) is 6.11. The lowest BCUT2D eigenvalue weighted by molar-refractivity contribution is -0.145. The van der Waals surface area contributed by atoms with Crippen molar-refractivity contribution in [3.05, 3.63) is 35.9 Å². The molecule has 1 saturated carbocycles. The van der Waals surface area contributed by atoms with E-state index in [1.54, 1.807) is 0 Å². The molecule has 2 heterocycles. The number of rotatable bonds is 4. The van der Waals surface area contributed by atoms with E-state index in [1.807, 2.05) is 18.2 Å². The Balaban J connectivity index is 1.32. The van der Waals surface area contributed by atoms with E-state index < -0.39 is 5.60 Å². The maximum absolute atomic E-state index is 12.7. The zero-order valence-corrected chi connectivity index (χ0v) is 14.9. The first-order chi connectivity index (χ1) is 12.1. The molecule has 3 fully saturated rings. The average molecular weight is 343 g/mol. The smallest absolute Gasteiger partial charge is 0.267 e. The number of aliphatic hydroxyl groups is 1. The summed E-state index contributed by atoms with van der Waals surface area (Å²) < 4.78 is 0. The Morgan fingerprint density at radius 2 is 1.92 bits per heavy atom. The summed E-state index contributed by atoms with van der Waals surface area (Å²) in [5.74, 6) is 1.20. The van der Waals surface area contributed by atoms with Gasteiger partial charge in [-0.3, -0.25) is 15.1 Å². The topological polar surface area (TPSA) is 55.8 Å². The van der Waals surface area contributed by atoms with Crippen molar-refractivity contribution in [1.82, 2.24) is 15.3 Å². The van der Waals surface area contributed by atoms with Crippen LogP contribution in [0.3, 0.4) is 0 Å². The summed E-state index contributed by atoms with van der Waals surface area (Å²) in [6.07, 6.45) is 5.69. The van der Waals surface area contributed by atoms with E-state index in [0.29, 0.717) is 24.8 Å². The lowest BCUT2D eigenvalue weighted by Crippen LogP contribution is -2.58. The van der Waals surface area contributed by atoms with Crippen LogP contribution in [0.5, 0.6) is 0 Å². The van der Waals surface area contributed by atoms with E-state index in [9.17, 15) is 9.90 Å². The number of piperidine rings is 1. The number of fused-ring (bicyclic) bond motifs is 2. The van der Waals surface area contributed by atoms with Crippen LogP contribution in [0.25, 0.3) is 0 Å². The maximum Gasteiger partial charge on any atom is 0.267 e. The molecule has 25 heavy (non-hydrogen) atoms.